The summed E-state index contributed by atoms with van der Waals surface area (Å²) in [6.45, 7) is 13.6. The van der Waals surface area contributed by atoms with Gasteiger partial charge in [-0.2, -0.15) is 0 Å². The van der Waals surface area contributed by atoms with Crippen molar-refractivity contribution >= 4 is 17.7 Å². The van der Waals surface area contributed by atoms with Crippen LogP contribution in [0.3, 0.4) is 0 Å². The lowest BCUT2D eigenvalue weighted by Gasteiger charge is -2.34. The highest BCUT2D eigenvalue weighted by atomic mass is 16.5. The molecule has 1 aromatic carbocycles. The number of anilines is 1. The van der Waals surface area contributed by atoms with Crippen LogP contribution in [-0.2, 0) is 11.3 Å². The maximum absolute atomic E-state index is 11.8. The number of benzene rings is 1. The van der Waals surface area contributed by atoms with E-state index in [-0.39, 0.29) is 18.2 Å². The summed E-state index contributed by atoms with van der Waals surface area (Å²) in [6.07, 6.45) is 0.165. The van der Waals surface area contributed by atoms with Gasteiger partial charge in [-0.1, -0.05) is 26.0 Å². The van der Waals surface area contributed by atoms with Crippen molar-refractivity contribution in [3.63, 3.8) is 0 Å². The second-order valence-electron chi connectivity index (χ2n) is 8.40. The molecule has 0 aliphatic carbocycles. The molecule has 0 aromatic heterocycles. The highest BCUT2D eigenvalue weighted by Crippen LogP contribution is 2.10. The first-order chi connectivity index (χ1) is 14.4. The third kappa shape index (κ3) is 9.00. The lowest BCUT2D eigenvalue weighted by atomic mass is 10.2. The largest absolute Gasteiger partial charge is 0.374 e. The number of nitrogens with one attached hydrogen (secondary N) is 4. The number of morpholine rings is 1. The van der Waals surface area contributed by atoms with E-state index in [1.807, 2.05) is 38.1 Å². The molecule has 0 saturated carbocycles. The Labute approximate surface area is 180 Å². The lowest BCUT2D eigenvalue weighted by molar-refractivity contribution is -0.0284. The van der Waals surface area contributed by atoms with E-state index in [1.54, 1.807) is 7.05 Å². The first kappa shape index (κ1) is 24.0. The molecule has 2 amide bonds. The number of carbonyl (C=O) groups is 1. The molecule has 8 nitrogen and oxygen atoms in total. The zero-order valence-corrected chi connectivity index (χ0v) is 19.0. The summed E-state index contributed by atoms with van der Waals surface area (Å²) < 4.78 is 5.89. The Kier molecular flexibility index (Phi) is 9.89. The second-order valence-corrected chi connectivity index (χ2v) is 8.40. The van der Waals surface area contributed by atoms with Crippen molar-refractivity contribution < 1.29 is 9.53 Å². The maximum atomic E-state index is 11.8. The van der Waals surface area contributed by atoms with Crippen LogP contribution in [0.5, 0.6) is 0 Å². The van der Waals surface area contributed by atoms with Crippen LogP contribution in [0.4, 0.5) is 10.5 Å². The van der Waals surface area contributed by atoms with E-state index in [4.69, 9.17) is 4.74 Å². The van der Waals surface area contributed by atoms with E-state index in [2.05, 4.69) is 45.0 Å². The first-order valence-electron chi connectivity index (χ1n) is 10.8. The van der Waals surface area contributed by atoms with Gasteiger partial charge in [0.15, 0.2) is 5.96 Å². The first-order valence-corrected chi connectivity index (χ1v) is 10.8. The Balaban J connectivity index is 1.74. The van der Waals surface area contributed by atoms with Crippen molar-refractivity contribution in [1.29, 1.82) is 0 Å². The monoisotopic (exact) mass is 418 g/mol. The number of nitrogens with zero attached hydrogens (tertiary/aromatic N) is 2. The molecule has 30 heavy (non-hydrogen) atoms. The maximum Gasteiger partial charge on any atom is 0.319 e. The fourth-order valence-corrected chi connectivity index (χ4v) is 3.34. The molecule has 8 heteroatoms. The van der Waals surface area contributed by atoms with Crippen LogP contribution in [0.2, 0.25) is 0 Å². The topological polar surface area (TPSA) is 90.0 Å². The molecule has 1 unspecified atom stereocenters. The summed E-state index contributed by atoms with van der Waals surface area (Å²) in [5.41, 5.74) is 1.87. The van der Waals surface area contributed by atoms with Crippen molar-refractivity contribution in [3.8, 4) is 0 Å². The minimum absolute atomic E-state index is 0.102. The number of carbonyl (C=O) groups excluding carboxylic acids is 1. The molecule has 1 atom stereocenters. The van der Waals surface area contributed by atoms with Gasteiger partial charge in [0.25, 0.3) is 0 Å². The molecule has 1 aromatic rings. The van der Waals surface area contributed by atoms with Gasteiger partial charge < -0.3 is 26.0 Å². The van der Waals surface area contributed by atoms with Crippen LogP contribution >= 0.6 is 0 Å². The Hall–Kier alpha value is -2.32. The van der Waals surface area contributed by atoms with E-state index in [0.29, 0.717) is 12.5 Å². The van der Waals surface area contributed by atoms with E-state index in [0.717, 1.165) is 50.0 Å². The fraction of sp³-hybridized carbons (Fsp3) is 0.636. The SMILES string of the molecule is CN=C(NCc1ccc(NC(=O)NC(C)C)cc1)NCC1CN(CC(C)C)CCO1. The summed E-state index contributed by atoms with van der Waals surface area (Å²) >= 11 is 0. The number of urea groups is 1. The minimum Gasteiger partial charge on any atom is -0.374 e. The van der Waals surface area contributed by atoms with Gasteiger partial charge in [0, 0.05) is 51.5 Å². The summed E-state index contributed by atoms with van der Waals surface area (Å²) in [5.74, 6) is 1.41. The van der Waals surface area contributed by atoms with Crippen molar-refractivity contribution in [3.05, 3.63) is 29.8 Å². The quantitative estimate of drug-likeness (QED) is 0.384. The molecule has 1 saturated heterocycles. The van der Waals surface area contributed by atoms with Gasteiger partial charge in [0.1, 0.15) is 0 Å². The molecular formula is C22H38N6O2. The van der Waals surface area contributed by atoms with Gasteiger partial charge in [0.05, 0.1) is 12.7 Å². The zero-order valence-electron chi connectivity index (χ0n) is 19.0. The molecule has 0 spiro atoms. The fourth-order valence-electron chi connectivity index (χ4n) is 3.34. The number of hydrogen-bond donors (Lipinski definition) is 4. The van der Waals surface area contributed by atoms with Gasteiger partial charge in [-0.15, -0.1) is 0 Å². The average Bonchev–Trinajstić information content (AvgIpc) is 2.68. The lowest BCUT2D eigenvalue weighted by Crippen LogP contribution is -2.50. The Morgan fingerprint density at radius 1 is 1.20 bits per heavy atom. The Bertz CT molecular complexity index is 675. The molecule has 1 heterocycles. The van der Waals surface area contributed by atoms with Gasteiger partial charge in [-0.3, -0.25) is 9.89 Å². The van der Waals surface area contributed by atoms with Crippen molar-refractivity contribution in [2.24, 2.45) is 10.9 Å². The van der Waals surface area contributed by atoms with Crippen LogP contribution in [-0.4, -0.2) is 68.9 Å². The molecule has 168 valence electrons. The number of amides is 2. The summed E-state index contributed by atoms with van der Waals surface area (Å²) in [6, 6.07) is 7.67. The van der Waals surface area contributed by atoms with Crippen molar-refractivity contribution in [1.82, 2.24) is 20.9 Å². The third-order valence-electron chi connectivity index (χ3n) is 4.66. The molecule has 1 fully saturated rings. The molecule has 1 aliphatic rings. The highest BCUT2D eigenvalue weighted by molar-refractivity contribution is 5.89. The Morgan fingerprint density at radius 3 is 2.57 bits per heavy atom. The number of ether oxygens (including phenoxy) is 1. The highest BCUT2D eigenvalue weighted by Gasteiger charge is 2.21. The van der Waals surface area contributed by atoms with E-state index in [9.17, 15) is 4.79 Å². The number of hydrogen-bond acceptors (Lipinski definition) is 4. The minimum atomic E-state index is -0.197. The summed E-state index contributed by atoms with van der Waals surface area (Å²) in [7, 11) is 1.77. The van der Waals surface area contributed by atoms with E-state index >= 15 is 0 Å². The predicted molar refractivity (Wildman–Crippen MR) is 123 cm³/mol. The summed E-state index contributed by atoms with van der Waals surface area (Å²) in [5, 5.41) is 12.3. The van der Waals surface area contributed by atoms with Crippen LogP contribution in [0.1, 0.15) is 33.3 Å². The number of guanidine groups is 1. The van der Waals surface area contributed by atoms with Crippen molar-refractivity contribution in [2.75, 3.05) is 45.2 Å². The summed E-state index contributed by atoms with van der Waals surface area (Å²) in [4.78, 5) is 18.5. The zero-order chi connectivity index (χ0) is 21.9. The van der Waals surface area contributed by atoms with Crippen LogP contribution in [0.15, 0.2) is 29.3 Å². The van der Waals surface area contributed by atoms with E-state index < -0.39 is 0 Å². The van der Waals surface area contributed by atoms with Crippen molar-refractivity contribution in [2.45, 2.75) is 46.4 Å². The normalized spacial score (nSPS) is 17.8. The smallest absolute Gasteiger partial charge is 0.319 e. The molecule has 2 rings (SSSR count). The second kappa shape index (κ2) is 12.4. The van der Waals surface area contributed by atoms with Crippen LogP contribution < -0.4 is 21.3 Å². The van der Waals surface area contributed by atoms with Gasteiger partial charge in [0.2, 0.25) is 0 Å². The van der Waals surface area contributed by atoms with E-state index in [1.165, 1.54) is 0 Å². The standard InChI is InChI=1S/C22H38N6O2/c1-16(2)14-28-10-11-30-20(15-28)13-25-21(23-5)24-12-18-6-8-19(9-7-18)27-22(29)26-17(3)4/h6-9,16-17,20H,10-15H2,1-5H3,(H2,23,24,25)(H2,26,27,29). The molecule has 0 radical (unpaired) electrons. The van der Waals surface area contributed by atoms with Gasteiger partial charge >= 0.3 is 6.03 Å². The van der Waals surface area contributed by atoms with Gasteiger partial charge in [-0.05, 0) is 37.5 Å². The molecule has 0 bridgehead atoms. The Morgan fingerprint density at radius 2 is 1.93 bits per heavy atom. The third-order valence-corrected chi connectivity index (χ3v) is 4.66. The van der Waals surface area contributed by atoms with Gasteiger partial charge in [-0.25, -0.2) is 4.79 Å². The number of rotatable bonds is 8. The van der Waals surface area contributed by atoms with Crippen LogP contribution in [0, 0.1) is 5.92 Å². The average molecular weight is 419 g/mol. The number of aliphatic imine (C=N–C) groups is 1. The van der Waals surface area contributed by atoms with Crippen LogP contribution in [0.25, 0.3) is 0 Å². The molecule has 4 N–H and O–H groups in total. The molecular weight excluding hydrogens is 380 g/mol. The molecule has 1 aliphatic heterocycles. The predicted octanol–water partition coefficient (Wildman–Crippen LogP) is 2.24.